The summed E-state index contributed by atoms with van der Waals surface area (Å²) in [6.07, 6.45) is 1.41. The average molecular weight is 227 g/mol. The molecule has 0 bridgehead atoms. The highest BCUT2D eigenvalue weighted by Gasteiger charge is 2.06. The molecule has 0 saturated carbocycles. The molecule has 0 spiro atoms. The third-order valence-corrected chi connectivity index (χ3v) is 3.15. The van der Waals surface area contributed by atoms with Crippen LogP contribution in [0.5, 0.6) is 0 Å². The number of ether oxygens (including phenoxy) is 1. The number of carbonyl (C=O) groups is 1. The monoisotopic (exact) mass is 227 g/mol. The molecule has 0 radical (unpaired) electrons. The number of carbonyl (C=O) groups excluding carboxylic acids is 1. The first-order chi connectivity index (χ1) is 7.09. The molecule has 0 saturated heterocycles. The fourth-order valence-corrected chi connectivity index (χ4v) is 2.15. The number of hydrogen-bond donors (Lipinski definition) is 0. The molecular weight excluding hydrogens is 210 g/mol. The molecule has 0 aliphatic rings. The summed E-state index contributed by atoms with van der Waals surface area (Å²) in [7, 11) is 0. The van der Waals surface area contributed by atoms with Gasteiger partial charge in [-0.3, -0.25) is 4.79 Å². The number of thiazole rings is 1. The van der Waals surface area contributed by atoms with Crippen LogP contribution in [0.3, 0.4) is 0 Å². The maximum atomic E-state index is 10.8. The number of nitrogens with zero attached hydrogens (tertiary/aromatic N) is 1. The van der Waals surface area contributed by atoms with Crippen LogP contribution < -0.4 is 0 Å². The van der Waals surface area contributed by atoms with E-state index in [0.29, 0.717) is 13.0 Å². The van der Waals surface area contributed by atoms with E-state index in [-0.39, 0.29) is 11.9 Å². The Kier molecular flexibility index (Phi) is 4.91. The SMILES string of the molecule is CC(=O)CC(C)OCCc1scnc1C. The average Bonchev–Trinajstić information content (AvgIpc) is 2.50. The molecular formula is C11H17NO2S. The van der Waals surface area contributed by atoms with Gasteiger partial charge in [-0.1, -0.05) is 0 Å². The van der Waals surface area contributed by atoms with Crippen molar-refractivity contribution < 1.29 is 9.53 Å². The Labute approximate surface area is 94.5 Å². The van der Waals surface area contributed by atoms with Crippen LogP contribution in [0.1, 0.15) is 30.8 Å². The van der Waals surface area contributed by atoms with E-state index >= 15 is 0 Å². The Morgan fingerprint density at radius 2 is 2.40 bits per heavy atom. The van der Waals surface area contributed by atoms with Crippen molar-refractivity contribution in [3.8, 4) is 0 Å². The predicted molar refractivity (Wildman–Crippen MR) is 61.3 cm³/mol. The first-order valence-corrected chi connectivity index (χ1v) is 5.97. The molecule has 0 aromatic carbocycles. The van der Waals surface area contributed by atoms with E-state index in [1.54, 1.807) is 18.3 Å². The molecule has 84 valence electrons. The highest BCUT2D eigenvalue weighted by atomic mass is 32.1. The van der Waals surface area contributed by atoms with E-state index < -0.39 is 0 Å². The van der Waals surface area contributed by atoms with Gasteiger partial charge in [0.05, 0.1) is 23.9 Å². The second-order valence-corrected chi connectivity index (χ2v) is 4.64. The normalized spacial score (nSPS) is 12.7. The molecule has 0 fully saturated rings. The number of aromatic nitrogens is 1. The zero-order chi connectivity index (χ0) is 11.3. The smallest absolute Gasteiger partial charge is 0.132 e. The number of Topliss-reactive ketones (excluding diaryl/α,β-unsaturated/α-hetero) is 1. The van der Waals surface area contributed by atoms with E-state index in [9.17, 15) is 4.79 Å². The molecule has 1 unspecified atom stereocenters. The topological polar surface area (TPSA) is 39.2 Å². The fourth-order valence-electron chi connectivity index (χ4n) is 1.38. The quantitative estimate of drug-likeness (QED) is 0.749. The largest absolute Gasteiger partial charge is 0.378 e. The summed E-state index contributed by atoms with van der Waals surface area (Å²) >= 11 is 1.66. The number of aryl methyl sites for hydroxylation is 1. The minimum atomic E-state index is 0.0238. The molecule has 1 heterocycles. The van der Waals surface area contributed by atoms with Gasteiger partial charge < -0.3 is 4.74 Å². The van der Waals surface area contributed by atoms with Crippen LogP contribution >= 0.6 is 11.3 Å². The van der Waals surface area contributed by atoms with Gasteiger partial charge in [-0.05, 0) is 20.8 Å². The van der Waals surface area contributed by atoms with E-state index in [1.807, 2.05) is 19.4 Å². The van der Waals surface area contributed by atoms with Gasteiger partial charge in [0.1, 0.15) is 5.78 Å². The summed E-state index contributed by atoms with van der Waals surface area (Å²) in [5.41, 5.74) is 2.94. The van der Waals surface area contributed by atoms with E-state index in [0.717, 1.165) is 12.1 Å². The summed E-state index contributed by atoms with van der Waals surface area (Å²) in [5, 5.41) is 0. The van der Waals surface area contributed by atoms with Crippen LogP contribution in [-0.4, -0.2) is 23.5 Å². The maximum absolute atomic E-state index is 10.8. The number of ketones is 1. The zero-order valence-electron chi connectivity index (χ0n) is 9.45. The fraction of sp³-hybridized carbons (Fsp3) is 0.636. The van der Waals surface area contributed by atoms with Crippen LogP contribution in [0, 0.1) is 6.92 Å². The highest BCUT2D eigenvalue weighted by Crippen LogP contribution is 2.13. The van der Waals surface area contributed by atoms with Crippen molar-refractivity contribution >= 4 is 17.1 Å². The van der Waals surface area contributed by atoms with Crippen LogP contribution in [0.4, 0.5) is 0 Å². The molecule has 3 nitrogen and oxygen atoms in total. The number of rotatable bonds is 6. The summed E-state index contributed by atoms with van der Waals surface area (Å²) in [4.78, 5) is 16.3. The van der Waals surface area contributed by atoms with Gasteiger partial charge >= 0.3 is 0 Å². The standard InChI is InChI=1S/C11H17NO2S/c1-8(13)6-9(2)14-5-4-11-10(3)12-7-15-11/h7,9H,4-6H2,1-3H3. The summed E-state index contributed by atoms with van der Waals surface area (Å²) in [5.74, 6) is 0.177. The second-order valence-electron chi connectivity index (χ2n) is 3.70. The predicted octanol–water partition coefficient (Wildman–Crippen LogP) is 2.38. The molecule has 0 amide bonds. The third-order valence-electron chi connectivity index (χ3n) is 2.15. The third kappa shape index (κ3) is 4.53. The minimum Gasteiger partial charge on any atom is -0.378 e. The molecule has 1 rings (SSSR count). The van der Waals surface area contributed by atoms with E-state index in [1.165, 1.54) is 4.88 Å². The lowest BCUT2D eigenvalue weighted by Gasteiger charge is -2.10. The van der Waals surface area contributed by atoms with Crippen LogP contribution in [0.25, 0.3) is 0 Å². The summed E-state index contributed by atoms with van der Waals surface area (Å²) in [6, 6.07) is 0. The van der Waals surface area contributed by atoms with Gasteiger partial charge in [-0.2, -0.15) is 0 Å². The Morgan fingerprint density at radius 1 is 1.67 bits per heavy atom. The summed E-state index contributed by atoms with van der Waals surface area (Å²) in [6.45, 7) is 6.19. The summed E-state index contributed by atoms with van der Waals surface area (Å²) < 4.78 is 5.54. The first kappa shape index (κ1) is 12.3. The minimum absolute atomic E-state index is 0.0238. The Bertz CT molecular complexity index is 322. The van der Waals surface area contributed by atoms with Crippen molar-refractivity contribution in [1.82, 2.24) is 4.98 Å². The van der Waals surface area contributed by atoms with Crippen molar-refractivity contribution in [1.29, 1.82) is 0 Å². The maximum Gasteiger partial charge on any atom is 0.132 e. The van der Waals surface area contributed by atoms with E-state index in [2.05, 4.69) is 4.98 Å². The van der Waals surface area contributed by atoms with Crippen LogP contribution in [0.2, 0.25) is 0 Å². The molecule has 1 aromatic rings. The van der Waals surface area contributed by atoms with E-state index in [4.69, 9.17) is 4.74 Å². The molecule has 1 aromatic heterocycles. The van der Waals surface area contributed by atoms with Gasteiger partial charge in [0.2, 0.25) is 0 Å². The van der Waals surface area contributed by atoms with Crippen molar-refractivity contribution in [2.45, 2.75) is 39.7 Å². The zero-order valence-corrected chi connectivity index (χ0v) is 10.3. The van der Waals surface area contributed by atoms with Gasteiger partial charge in [-0.15, -0.1) is 11.3 Å². The highest BCUT2D eigenvalue weighted by molar-refractivity contribution is 7.09. The molecule has 15 heavy (non-hydrogen) atoms. The molecule has 0 N–H and O–H groups in total. The van der Waals surface area contributed by atoms with Crippen LogP contribution in [0.15, 0.2) is 5.51 Å². The number of hydrogen-bond acceptors (Lipinski definition) is 4. The molecule has 1 atom stereocenters. The van der Waals surface area contributed by atoms with Gasteiger partial charge in [-0.25, -0.2) is 4.98 Å². The molecule has 0 aliphatic heterocycles. The van der Waals surface area contributed by atoms with Crippen molar-refractivity contribution in [3.63, 3.8) is 0 Å². The Hall–Kier alpha value is -0.740. The Balaban J connectivity index is 2.22. The molecule has 4 heteroatoms. The van der Waals surface area contributed by atoms with Gasteiger partial charge in [0.15, 0.2) is 0 Å². The van der Waals surface area contributed by atoms with Crippen molar-refractivity contribution in [2.75, 3.05) is 6.61 Å². The lowest BCUT2D eigenvalue weighted by Crippen LogP contribution is -2.14. The van der Waals surface area contributed by atoms with Crippen molar-refractivity contribution in [3.05, 3.63) is 16.1 Å². The lowest BCUT2D eigenvalue weighted by molar-refractivity contribution is -0.119. The molecule has 0 aliphatic carbocycles. The van der Waals surface area contributed by atoms with Gasteiger partial charge in [0, 0.05) is 17.7 Å². The first-order valence-electron chi connectivity index (χ1n) is 5.09. The Morgan fingerprint density at radius 3 is 2.93 bits per heavy atom. The lowest BCUT2D eigenvalue weighted by atomic mass is 10.2. The van der Waals surface area contributed by atoms with Gasteiger partial charge in [0.25, 0.3) is 0 Å². The second kappa shape index (κ2) is 5.98. The van der Waals surface area contributed by atoms with Crippen molar-refractivity contribution in [2.24, 2.45) is 0 Å². The van der Waals surface area contributed by atoms with Crippen LogP contribution in [-0.2, 0) is 16.0 Å².